The molecule has 120 valence electrons. The number of aryl methyl sites for hydroxylation is 1. The lowest BCUT2D eigenvalue weighted by molar-refractivity contribution is 1.13. The number of benzene rings is 2. The van der Waals surface area contributed by atoms with E-state index in [2.05, 4.69) is 68.6 Å². The van der Waals surface area contributed by atoms with Crippen LogP contribution in [0.25, 0.3) is 5.57 Å². The van der Waals surface area contributed by atoms with E-state index in [0.29, 0.717) is 0 Å². The molecule has 0 aromatic heterocycles. The molecule has 2 aromatic rings. The summed E-state index contributed by atoms with van der Waals surface area (Å²) in [5, 5.41) is 0. The molecule has 0 aliphatic heterocycles. The molecule has 0 aliphatic carbocycles. The molecule has 0 heterocycles. The van der Waals surface area contributed by atoms with Gasteiger partial charge in [-0.25, -0.2) is 0 Å². The van der Waals surface area contributed by atoms with Crippen LogP contribution in [0.2, 0.25) is 0 Å². The second kappa shape index (κ2) is 9.63. The summed E-state index contributed by atoms with van der Waals surface area (Å²) in [6.45, 7) is 16.3. The fourth-order valence-electron chi connectivity index (χ4n) is 2.62. The van der Waals surface area contributed by atoms with Gasteiger partial charge in [0.1, 0.15) is 0 Å². The molecule has 0 unspecified atom stereocenters. The third-order valence-electron chi connectivity index (χ3n) is 3.66. The molecule has 0 saturated heterocycles. The smallest absolute Gasteiger partial charge is 0.00339 e. The Hall–Kier alpha value is -2.34. The Kier molecular flexibility index (Phi) is 7.83. The molecule has 0 amide bonds. The first-order chi connectivity index (χ1) is 11.2. The lowest BCUT2D eigenvalue weighted by atomic mass is 9.87. The van der Waals surface area contributed by atoms with Gasteiger partial charge in [-0.1, -0.05) is 100 Å². The van der Waals surface area contributed by atoms with Crippen molar-refractivity contribution < 1.29 is 0 Å². The van der Waals surface area contributed by atoms with E-state index in [1.807, 2.05) is 32.9 Å². The monoisotopic (exact) mass is 304 g/mol. The van der Waals surface area contributed by atoms with Crippen LogP contribution in [-0.2, 0) is 6.42 Å². The predicted octanol–water partition coefficient (Wildman–Crippen LogP) is 6.84. The topological polar surface area (TPSA) is 0 Å². The third-order valence-corrected chi connectivity index (χ3v) is 3.66. The van der Waals surface area contributed by atoms with E-state index in [1.54, 1.807) is 0 Å². The fourth-order valence-corrected chi connectivity index (χ4v) is 2.62. The summed E-state index contributed by atoms with van der Waals surface area (Å²) in [7, 11) is 0. The molecule has 0 radical (unpaired) electrons. The van der Waals surface area contributed by atoms with E-state index in [1.165, 1.54) is 22.3 Å². The second-order valence-corrected chi connectivity index (χ2v) is 5.15. The lowest BCUT2D eigenvalue weighted by Crippen LogP contribution is -1.98. The molecule has 23 heavy (non-hydrogen) atoms. The number of hydrogen-bond donors (Lipinski definition) is 0. The van der Waals surface area contributed by atoms with Crippen LogP contribution in [-0.4, -0.2) is 0 Å². The van der Waals surface area contributed by atoms with E-state index in [9.17, 15) is 0 Å². The Balaban J connectivity index is 0.00000127. The summed E-state index contributed by atoms with van der Waals surface area (Å²) in [4.78, 5) is 0. The quantitative estimate of drug-likeness (QED) is 0.530. The van der Waals surface area contributed by atoms with Gasteiger partial charge in [-0.3, -0.25) is 0 Å². The van der Waals surface area contributed by atoms with Crippen molar-refractivity contribution in [2.24, 2.45) is 0 Å². The molecule has 0 atom stereocenters. The molecular formula is C23H28. The van der Waals surface area contributed by atoms with E-state index in [-0.39, 0.29) is 0 Å². The average molecular weight is 304 g/mol. The van der Waals surface area contributed by atoms with Crippen molar-refractivity contribution in [2.75, 3.05) is 0 Å². The average Bonchev–Trinajstić information content (AvgIpc) is 2.61. The summed E-state index contributed by atoms with van der Waals surface area (Å²) in [5.41, 5.74) is 7.18. The highest BCUT2D eigenvalue weighted by Gasteiger charge is 2.13. The van der Waals surface area contributed by atoms with Gasteiger partial charge in [-0.05, 0) is 41.2 Å². The minimum atomic E-state index is 1.01. The summed E-state index contributed by atoms with van der Waals surface area (Å²) < 4.78 is 0. The molecular weight excluding hydrogens is 276 g/mol. The maximum absolute atomic E-state index is 4.12. The van der Waals surface area contributed by atoms with Crippen LogP contribution in [0, 0.1) is 0 Å². The molecule has 2 rings (SSSR count). The van der Waals surface area contributed by atoms with Crippen molar-refractivity contribution in [3.05, 3.63) is 102 Å². The molecule has 0 nitrogen and oxygen atoms in total. The zero-order chi connectivity index (χ0) is 17.2. The molecule has 0 saturated carbocycles. The summed E-state index contributed by atoms with van der Waals surface area (Å²) in [6, 6.07) is 19.1. The summed E-state index contributed by atoms with van der Waals surface area (Å²) in [5.74, 6) is 0. The van der Waals surface area contributed by atoms with Gasteiger partial charge in [0.25, 0.3) is 0 Å². The highest BCUT2D eigenvalue weighted by molar-refractivity contribution is 5.87. The number of hydrogen-bond acceptors (Lipinski definition) is 0. The van der Waals surface area contributed by atoms with Gasteiger partial charge in [0.05, 0.1) is 0 Å². The van der Waals surface area contributed by atoms with E-state index in [4.69, 9.17) is 0 Å². The molecule has 0 fully saturated rings. The highest BCUT2D eigenvalue weighted by Crippen LogP contribution is 2.32. The van der Waals surface area contributed by atoms with Crippen LogP contribution >= 0.6 is 0 Å². The zero-order valence-corrected chi connectivity index (χ0v) is 14.9. The van der Waals surface area contributed by atoms with Crippen LogP contribution in [0.1, 0.15) is 44.4 Å². The minimum Gasteiger partial charge on any atom is -0.0984 e. The van der Waals surface area contributed by atoms with Crippen molar-refractivity contribution >= 4 is 5.57 Å². The van der Waals surface area contributed by atoms with Crippen LogP contribution in [0.3, 0.4) is 0 Å². The molecule has 0 N–H and O–H groups in total. The first-order valence-electron chi connectivity index (χ1n) is 8.35. The normalized spacial score (nSPS) is 11.0. The van der Waals surface area contributed by atoms with Gasteiger partial charge >= 0.3 is 0 Å². The first-order valence-corrected chi connectivity index (χ1v) is 8.35. The van der Waals surface area contributed by atoms with Gasteiger partial charge in [-0.2, -0.15) is 0 Å². The van der Waals surface area contributed by atoms with Crippen LogP contribution in [0.4, 0.5) is 0 Å². The van der Waals surface area contributed by atoms with Crippen LogP contribution in [0.5, 0.6) is 0 Å². The van der Waals surface area contributed by atoms with Crippen LogP contribution in [0.15, 0.2) is 85.0 Å². The van der Waals surface area contributed by atoms with Gasteiger partial charge in [-0.15, -0.1) is 0 Å². The Morgan fingerprint density at radius 3 is 2.04 bits per heavy atom. The number of rotatable bonds is 5. The molecule has 0 spiro atoms. The van der Waals surface area contributed by atoms with Crippen molar-refractivity contribution in [2.45, 2.75) is 34.1 Å². The Morgan fingerprint density at radius 1 is 0.957 bits per heavy atom. The number of allylic oxidation sites excluding steroid dienone is 3. The van der Waals surface area contributed by atoms with Crippen molar-refractivity contribution in [3.8, 4) is 0 Å². The van der Waals surface area contributed by atoms with Crippen molar-refractivity contribution in [3.63, 3.8) is 0 Å². The minimum absolute atomic E-state index is 1.01. The molecule has 0 bridgehead atoms. The Bertz CT molecular complexity index is 672. The lowest BCUT2D eigenvalue weighted by Gasteiger charge is -2.17. The predicted molar refractivity (Wildman–Crippen MR) is 105 cm³/mol. The van der Waals surface area contributed by atoms with Gasteiger partial charge in [0, 0.05) is 0 Å². The molecule has 2 aromatic carbocycles. The van der Waals surface area contributed by atoms with Crippen molar-refractivity contribution in [1.82, 2.24) is 0 Å². The molecule has 0 aliphatic rings. The van der Waals surface area contributed by atoms with E-state index in [0.717, 1.165) is 17.6 Å². The van der Waals surface area contributed by atoms with E-state index < -0.39 is 0 Å². The first kappa shape index (κ1) is 18.7. The van der Waals surface area contributed by atoms with Crippen molar-refractivity contribution in [1.29, 1.82) is 0 Å². The summed E-state index contributed by atoms with van der Waals surface area (Å²) >= 11 is 0. The van der Waals surface area contributed by atoms with Gasteiger partial charge in [0.15, 0.2) is 0 Å². The zero-order valence-electron chi connectivity index (χ0n) is 14.9. The van der Waals surface area contributed by atoms with Gasteiger partial charge < -0.3 is 0 Å². The SMILES string of the molecule is C=C/C(C(=C)C)=C(/c1ccccc1)c1ccccc1CC.CC. The molecule has 0 heteroatoms. The maximum Gasteiger partial charge on any atom is -0.00339 e. The second-order valence-electron chi connectivity index (χ2n) is 5.15. The highest BCUT2D eigenvalue weighted by atomic mass is 14.2. The fraction of sp³-hybridized carbons (Fsp3) is 0.217. The third kappa shape index (κ3) is 4.56. The Labute approximate surface area is 141 Å². The summed E-state index contributed by atoms with van der Waals surface area (Å²) in [6.07, 6.45) is 2.92. The largest absolute Gasteiger partial charge is 0.0984 e. The van der Waals surface area contributed by atoms with Gasteiger partial charge in [0.2, 0.25) is 0 Å². The van der Waals surface area contributed by atoms with Crippen LogP contribution < -0.4 is 0 Å². The Morgan fingerprint density at radius 2 is 1.52 bits per heavy atom. The standard InChI is InChI=1S/C21H22.C2H6/c1-5-17-12-10-11-15-20(17)21(19(6-2)16(3)4)18-13-8-7-9-14-18;1-2/h6-15H,2-3,5H2,1,4H3;1-2H3/b21-19+;. The van der Waals surface area contributed by atoms with E-state index >= 15 is 0 Å². The maximum atomic E-state index is 4.12.